The lowest BCUT2D eigenvalue weighted by atomic mass is 10.0. The number of hydrogen-bond donors (Lipinski definition) is 0. The number of carbonyl (C=O) groups is 2. The van der Waals surface area contributed by atoms with Crippen molar-refractivity contribution in [1.82, 2.24) is 14.7 Å². The van der Waals surface area contributed by atoms with Gasteiger partial charge in [-0.2, -0.15) is 0 Å². The molecule has 24 heavy (non-hydrogen) atoms. The standard InChI is InChI=1S/C19H29N3O2/c1-5-6-10-21-11-12-22(14-17(21)23)19(24)18(20(3)4)16-9-7-8-15(2)13-16/h7-9,13,18H,5-6,10-12,14H2,1-4H3/t18-/m1/s1. The Morgan fingerprint density at radius 1 is 1.29 bits per heavy atom. The molecule has 2 amide bonds. The first-order valence-corrected chi connectivity index (χ1v) is 8.73. The van der Waals surface area contributed by atoms with Crippen LogP contribution in [0.25, 0.3) is 0 Å². The normalized spacial score (nSPS) is 16.6. The van der Waals surface area contributed by atoms with Crippen molar-refractivity contribution < 1.29 is 9.59 Å². The molecule has 5 heteroatoms. The minimum Gasteiger partial charge on any atom is -0.339 e. The van der Waals surface area contributed by atoms with Crippen LogP contribution in [0.5, 0.6) is 0 Å². The fourth-order valence-corrected chi connectivity index (χ4v) is 3.16. The van der Waals surface area contributed by atoms with Crippen molar-refractivity contribution in [1.29, 1.82) is 0 Å². The molecule has 1 aliphatic heterocycles. The van der Waals surface area contributed by atoms with Crippen LogP contribution in [0.4, 0.5) is 0 Å². The predicted molar refractivity (Wildman–Crippen MR) is 95.7 cm³/mol. The van der Waals surface area contributed by atoms with Crippen LogP contribution < -0.4 is 0 Å². The van der Waals surface area contributed by atoms with Crippen LogP contribution in [0, 0.1) is 6.92 Å². The molecule has 132 valence electrons. The van der Waals surface area contributed by atoms with Crippen molar-refractivity contribution in [3.05, 3.63) is 35.4 Å². The molecule has 1 aromatic carbocycles. The van der Waals surface area contributed by atoms with Crippen LogP contribution in [0.3, 0.4) is 0 Å². The molecule has 0 unspecified atom stereocenters. The van der Waals surface area contributed by atoms with E-state index in [0.717, 1.165) is 30.5 Å². The Hall–Kier alpha value is -1.88. The first-order chi connectivity index (χ1) is 11.4. The van der Waals surface area contributed by atoms with Gasteiger partial charge in [-0.1, -0.05) is 43.2 Å². The number of piperazine rings is 1. The Morgan fingerprint density at radius 2 is 2.04 bits per heavy atom. The number of unbranched alkanes of at least 4 members (excludes halogenated alkanes) is 1. The van der Waals surface area contributed by atoms with Gasteiger partial charge in [0, 0.05) is 19.6 Å². The zero-order valence-corrected chi connectivity index (χ0v) is 15.3. The maximum atomic E-state index is 13.0. The van der Waals surface area contributed by atoms with Crippen molar-refractivity contribution in [2.45, 2.75) is 32.7 Å². The van der Waals surface area contributed by atoms with E-state index < -0.39 is 0 Å². The van der Waals surface area contributed by atoms with E-state index in [1.807, 2.05) is 55.1 Å². The average molecular weight is 331 g/mol. The van der Waals surface area contributed by atoms with Gasteiger partial charge in [0.2, 0.25) is 11.8 Å². The summed E-state index contributed by atoms with van der Waals surface area (Å²) in [5.74, 6) is 0.0684. The quantitative estimate of drug-likeness (QED) is 0.801. The van der Waals surface area contributed by atoms with Crippen LogP contribution >= 0.6 is 0 Å². The number of amides is 2. The minimum absolute atomic E-state index is 0.00842. The molecule has 0 aliphatic carbocycles. The van der Waals surface area contributed by atoms with Gasteiger partial charge in [0.15, 0.2) is 0 Å². The number of hydrogen-bond acceptors (Lipinski definition) is 3. The summed E-state index contributed by atoms with van der Waals surface area (Å²) in [5, 5.41) is 0. The summed E-state index contributed by atoms with van der Waals surface area (Å²) >= 11 is 0. The van der Waals surface area contributed by atoms with Gasteiger partial charge >= 0.3 is 0 Å². The van der Waals surface area contributed by atoms with Crippen LogP contribution in [0.2, 0.25) is 0 Å². The number of benzene rings is 1. The van der Waals surface area contributed by atoms with E-state index in [9.17, 15) is 9.59 Å². The molecule has 0 saturated carbocycles. The molecule has 5 nitrogen and oxygen atoms in total. The molecule has 1 aromatic rings. The van der Waals surface area contributed by atoms with Gasteiger partial charge in [0.25, 0.3) is 0 Å². The van der Waals surface area contributed by atoms with Gasteiger partial charge in [0.05, 0.1) is 6.54 Å². The molecular weight excluding hydrogens is 302 g/mol. The molecular formula is C19H29N3O2. The van der Waals surface area contributed by atoms with Gasteiger partial charge in [0.1, 0.15) is 6.04 Å². The zero-order valence-electron chi connectivity index (χ0n) is 15.3. The smallest absolute Gasteiger partial charge is 0.245 e. The number of aryl methyl sites for hydroxylation is 1. The highest BCUT2D eigenvalue weighted by molar-refractivity contribution is 5.89. The molecule has 0 bridgehead atoms. The number of nitrogens with zero attached hydrogens (tertiary/aromatic N) is 3. The lowest BCUT2D eigenvalue weighted by Gasteiger charge is -2.37. The van der Waals surface area contributed by atoms with Crippen molar-refractivity contribution in [3.63, 3.8) is 0 Å². The van der Waals surface area contributed by atoms with E-state index in [1.165, 1.54) is 0 Å². The Kier molecular flexibility index (Phi) is 6.37. The first kappa shape index (κ1) is 18.5. The third-order valence-electron chi connectivity index (χ3n) is 4.52. The summed E-state index contributed by atoms with van der Waals surface area (Å²) in [7, 11) is 3.81. The number of rotatable bonds is 6. The molecule has 1 atom stereocenters. The van der Waals surface area contributed by atoms with Gasteiger partial charge in [-0.15, -0.1) is 0 Å². The minimum atomic E-state index is -0.347. The van der Waals surface area contributed by atoms with E-state index in [2.05, 4.69) is 6.92 Å². The molecule has 1 heterocycles. The van der Waals surface area contributed by atoms with Crippen molar-refractivity contribution in [2.75, 3.05) is 40.3 Å². The summed E-state index contributed by atoms with van der Waals surface area (Å²) < 4.78 is 0. The summed E-state index contributed by atoms with van der Waals surface area (Å²) in [5.41, 5.74) is 2.11. The van der Waals surface area contributed by atoms with Gasteiger partial charge in [-0.05, 0) is 33.0 Å². The Balaban J connectivity index is 2.10. The van der Waals surface area contributed by atoms with Crippen LogP contribution in [-0.2, 0) is 9.59 Å². The van der Waals surface area contributed by atoms with E-state index in [1.54, 1.807) is 4.90 Å². The van der Waals surface area contributed by atoms with E-state index >= 15 is 0 Å². The topological polar surface area (TPSA) is 43.9 Å². The summed E-state index contributed by atoms with van der Waals surface area (Å²) in [6.45, 7) is 6.39. The Bertz CT molecular complexity index is 586. The third kappa shape index (κ3) is 4.35. The lowest BCUT2D eigenvalue weighted by molar-refractivity contribution is -0.148. The second kappa shape index (κ2) is 8.29. The molecule has 0 spiro atoms. The highest BCUT2D eigenvalue weighted by atomic mass is 16.2. The van der Waals surface area contributed by atoms with Crippen molar-refractivity contribution >= 4 is 11.8 Å². The highest BCUT2D eigenvalue weighted by Crippen LogP contribution is 2.23. The van der Waals surface area contributed by atoms with Gasteiger partial charge < -0.3 is 9.80 Å². The largest absolute Gasteiger partial charge is 0.339 e. The van der Waals surface area contributed by atoms with Crippen LogP contribution in [0.15, 0.2) is 24.3 Å². The van der Waals surface area contributed by atoms with E-state index in [-0.39, 0.29) is 24.4 Å². The van der Waals surface area contributed by atoms with Crippen LogP contribution in [0.1, 0.15) is 36.9 Å². The summed E-state index contributed by atoms with van der Waals surface area (Å²) in [6.07, 6.45) is 2.09. The maximum Gasteiger partial charge on any atom is 0.245 e. The molecule has 1 aliphatic rings. The second-order valence-electron chi connectivity index (χ2n) is 6.77. The monoisotopic (exact) mass is 331 g/mol. The molecule has 0 radical (unpaired) electrons. The average Bonchev–Trinajstić information content (AvgIpc) is 2.53. The molecule has 0 N–H and O–H groups in total. The SMILES string of the molecule is CCCCN1CCN(C(=O)[C@@H](c2cccc(C)c2)N(C)C)CC1=O. The molecule has 1 saturated heterocycles. The highest BCUT2D eigenvalue weighted by Gasteiger charge is 2.32. The molecule has 2 rings (SSSR count). The molecule has 0 aromatic heterocycles. The fourth-order valence-electron chi connectivity index (χ4n) is 3.16. The van der Waals surface area contributed by atoms with Crippen molar-refractivity contribution in [2.24, 2.45) is 0 Å². The Labute approximate surface area is 145 Å². The zero-order chi connectivity index (χ0) is 17.7. The van der Waals surface area contributed by atoms with Gasteiger partial charge in [-0.25, -0.2) is 0 Å². The molecule has 1 fully saturated rings. The van der Waals surface area contributed by atoms with Crippen molar-refractivity contribution in [3.8, 4) is 0 Å². The van der Waals surface area contributed by atoms with Gasteiger partial charge in [-0.3, -0.25) is 14.5 Å². The number of likely N-dealkylation sites (N-methyl/N-ethyl adjacent to an activating group) is 1. The maximum absolute atomic E-state index is 13.0. The number of carbonyl (C=O) groups excluding carboxylic acids is 2. The fraction of sp³-hybridized carbons (Fsp3) is 0.579. The summed E-state index contributed by atoms with van der Waals surface area (Å²) in [6, 6.07) is 7.68. The predicted octanol–water partition coefficient (Wildman–Crippen LogP) is 2.07. The summed E-state index contributed by atoms with van der Waals surface area (Å²) in [4.78, 5) is 30.9. The lowest BCUT2D eigenvalue weighted by Crippen LogP contribution is -2.54. The Morgan fingerprint density at radius 3 is 2.62 bits per heavy atom. The first-order valence-electron chi connectivity index (χ1n) is 8.73. The van der Waals surface area contributed by atoms with E-state index in [0.29, 0.717) is 13.1 Å². The van der Waals surface area contributed by atoms with Crippen LogP contribution in [-0.4, -0.2) is 66.8 Å². The second-order valence-corrected chi connectivity index (χ2v) is 6.77. The van der Waals surface area contributed by atoms with E-state index in [4.69, 9.17) is 0 Å². The third-order valence-corrected chi connectivity index (χ3v) is 4.52.